The zero-order chi connectivity index (χ0) is 19.8. The molecule has 27 heavy (non-hydrogen) atoms. The summed E-state index contributed by atoms with van der Waals surface area (Å²) in [4.78, 5) is 25.7. The molecule has 2 amide bonds. The number of rotatable bonds is 4. The van der Waals surface area contributed by atoms with Gasteiger partial charge in [-0.25, -0.2) is 0 Å². The van der Waals surface area contributed by atoms with E-state index in [-0.39, 0.29) is 12.8 Å². The number of hydrogen-bond acceptors (Lipinski definition) is 3. The fourth-order valence-electron chi connectivity index (χ4n) is 3.31. The molecule has 0 radical (unpaired) electrons. The van der Waals surface area contributed by atoms with Crippen molar-refractivity contribution in [3.63, 3.8) is 0 Å². The molecular weight excluding hydrogens is 377 g/mol. The number of carbonyl (C=O) groups is 2. The van der Waals surface area contributed by atoms with Crippen LogP contribution in [0.3, 0.4) is 0 Å². The van der Waals surface area contributed by atoms with Crippen molar-refractivity contribution in [1.29, 1.82) is 0 Å². The molecule has 1 saturated heterocycles. The normalized spacial score (nSPS) is 20.6. The lowest BCUT2D eigenvalue weighted by atomic mass is 9.92. The van der Waals surface area contributed by atoms with Crippen molar-refractivity contribution >= 4 is 38.9 Å². The Kier molecular flexibility index (Phi) is 5.46. The van der Waals surface area contributed by atoms with Gasteiger partial charge in [0.1, 0.15) is 12.0 Å². The molecule has 2 heterocycles. The fraction of sp³-hybridized carbons (Fsp3) is 0.474. The molecule has 2 atom stereocenters. The Morgan fingerprint density at radius 1 is 1.33 bits per heavy atom. The summed E-state index contributed by atoms with van der Waals surface area (Å²) in [5.41, 5.74) is 1.78. The second-order valence-corrected chi connectivity index (χ2v) is 8.01. The van der Waals surface area contributed by atoms with Crippen molar-refractivity contribution in [1.82, 2.24) is 5.32 Å². The van der Waals surface area contributed by atoms with Crippen LogP contribution in [-0.2, 0) is 16.0 Å². The number of amides is 2. The number of anilines is 1. The highest BCUT2D eigenvalue weighted by molar-refractivity contribution is 7.19. The largest absolute Gasteiger partial charge is 0.408 e. The Morgan fingerprint density at radius 2 is 2.07 bits per heavy atom. The van der Waals surface area contributed by atoms with Gasteiger partial charge in [-0.1, -0.05) is 25.5 Å². The van der Waals surface area contributed by atoms with E-state index >= 15 is 0 Å². The number of piperidine rings is 1. The van der Waals surface area contributed by atoms with Gasteiger partial charge in [0.25, 0.3) is 0 Å². The number of aryl methyl sites for hydroxylation is 2. The summed E-state index contributed by atoms with van der Waals surface area (Å²) in [6, 6.07) is 4.03. The van der Waals surface area contributed by atoms with Gasteiger partial charge in [-0.3, -0.25) is 9.59 Å². The summed E-state index contributed by atoms with van der Waals surface area (Å²) >= 11 is 1.59. The Hall–Kier alpha value is -2.09. The second kappa shape index (κ2) is 7.50. The summed E-state index contributed by atoms with van der Waals surface area (Å²) < 4.78 is 39.4. The van der Waals surface area contributed by atoms with Crippen molar-refractivity contribution in [3.8, 4) is 0 Å². The number of fused-ring (bicyclic) bond motifs is 1. The Balaban J connectivity index is 1.82. The van der Waals surface area contributed by atoms with Crippen molar-refractivity contribution < 1.29 is 22.8 Å². The topological polar surface area (TPSA) is 58.2 Å². The predicted octanol–water partition coefficient (Wildman–Crippen LogP) is 4.56. The summed E-state index contributed by atoms with van der Waals surface area (Å²) in [7, 11) is 0. The zero-order valence-corrected chi connectivity index (χ0v) is 15.9. The van der Waals surface area contributed by atoms with Crippen LogP contribution in [0.25, 0.3) is 10.1 Å². The third-order valence-electron chi connectivity index (χ3n) is 4.73. The number of alkyl halides is 3. The molecule has 8 heteroatoms. The van der Waals surface area contributed by atoms with E-state index in [0.29, 0.717) is 5.69 Å². The molecule has 0 spiro atoms. The first kappa shape index (κ1) is 19.7. The highest BCUT2D eigenvalue weighted by Crippen LogP contribution is 2.38. The summed E-state index contributed by atoms with van der Waals surface area (Å²) in [6.45, 7) is 4.02. The maximum Gasteiger partial charge on any atom is 0.408 e. The van der Waals surface area contributed by atoms with Crippen molar-refractivity contribution in [2.24, 2.45) is 5.92 Å². The van der Waals surface area contributed by atoms with Crippen LogP contribution in [0, 0.1) is 12.8 Å². The molecule has 146 valence electrons. The highest BCUT2D eigenvalue weighted by Gasteiger charge is 2.46. The van der Waals surface area contributed by atoms with Gasteiger partial charge in [0.2, 0.25) is 11.8 Å². The van der Waals surface area contributed by atoms with E-state index in [1.54, 1.807) is 11.3 Å². The number of carbonyl (C=O) groups excluding carboxylic acids is 2. The zero-order valence-electron chi connectivity index (χ0n) is 15.1. The first-order valence-electron chi connectivity index (χ1n) is 8.90. The summed E-state index contributed by atoms with van der Waals surface area (Å²) in [6.07, 6.45) is -3.23. The molecule has 2 N–H and O–H groups in total. The number of benzene rings is 1. The molecule has 2 aromatic rings. The van der Waals surface area contributed by atoms with E-state index in [1.807, 2.05) is 37.4 Å². The molecule has 0 bridgehead atoms. The lowest BCUT2D eigenvalue weighted by Crippen LogP contribution is -2.53. The van der Waals surface area contributed by atoms with Crippen molar-refractivity contribution in [2.75, 3.05) is 5.32 Å². The average molecular weight is 398 g/mol. The minimum atomic E-state index is -4.49. The molecule has 1 aromatic carbocycles. The third-order valence-corrected chi connectivity index (χ3v) is 5.94. The minimum absolute atomic E-state index is 0.119. The maximum atomic E-state index is 12.8. The lowest BCUT2D eigenvalue weighted by Gasteiger charge is -2.29. The van der Waals surface area contributed by atoms with Crippen LogP contribution < -0.4 is 10.6 Å². The maximum absolute atomic E-state index is 12.8. The minimum Gasteiger partial charge on any atom is -0.344 e. The van der Waals surface area contributed by atoms with Crippen molar-refractivity contribution in [2.45, 2.75) is 51.7 Å². The molecule has 1 aliphatic rings. The van der Waals surface area contributed by atoms with E-state index < -0.39 is 30.0 Å². The van der Waals surface area contributed by atoms with Gasteiger partial charge in [-0.05, 0) is 37.8 Å². The first-order valence-corrected chi connectivity index (χ1v) is 9.72. The predicted molar refractivity (Wildman–Crippen MR) is 99.9 cm³/mol. The lowest BCUT2D eigenvalue weighted by molar-refractivity contribution is -0.170. The Morgan fingerprint density at radius 3 is 2.70 bits per heavy atom. The smallest absolute Gasteiger partial charge is 0.344 e. The molecule has 1 aliphatic heterocycles. The SMILES string of the molecule is CCCc1sc2cc(C)ccc2c1NC(=O)C1CCC(C(F)(F)F)NC1=O. The number of nitrogens with one attached hydrogen (secondary N) is 2. The second-order valence-electron chi connectivity index (χ2n) is 6.87. The van der Waals surface area contributed by atoms with Crippen LogP contribution in [0.4, 0.5) is 18.9 Å². The van der Waals surface area contributed by atoms with Crippen LogP contribution in [0.5, 0.6) is 0 Å². The average Bonchev–Trinajstić information content (AvgIpc) is 2.90. The van der Waals surface area contributed by atoms with Crippen LogP contribution in [-0.4, -0.2) is 24.0 Å². The van der Waals surface area contributed by atoms with Crippen LogP contribution >= 0.6 is 11.3 Å². The molecule has 0 aliphatic carbocycles. The molecular formula is C19H21F3N2O2S. The van der Waals surface area contributed by atoms with Gasteiger partial charge >= 0.3 is 6.18 Å². The molecule has 1 fully saturated rings. The van der Waals surface area contributed by atoms with E-state index in [9.17, 15) is 22.8 Å². The van der Waals surface area contributed by atoms with Gasteiger partial charge in [0, 0.05) is 15.0 Å². The molecule has 2 unspecified atom stereocenters. The highest BCUT2D eigenvalue weighted by atomic mass is 32.1. The van der Waals surface area contributed by atoms with Crippen molar-refractivity contribution in [3.05, 3.63) is 28.6 Å². The fourth-order valence-corrected chi connectivity index (χ4v) is 4.67. The van der Waals surface area contributed by atoms with Crippen LogP contribution in [0.15, 0.2) is 18.2 Å². The third kappa shape index (κ3) is 4.10. The summed E-state index contributed by atoms with van der Waals surface area (Å²) in [5, 5.41) is 5.65. The van der Waals surface area contributed by atoms with Gasteiger partial charge in [0.05, 0.1) is 5.69 Å². The van der Waals surface area contributed by atoms with E-state index in [0.717, 1.165) is 33.4 Å². The Bertz CT molecular complexity index is 876. The van der Waals surface area contributed by atoms with Crippen LogP contribution in [0.1, 0.15) is 36.6 Å². The van der Waals surface area contributed by atoms with E-state index in [2.05, 4.69) is 5.32 Å². The Labute approximate surface area is 159 Å². The summed E-state index contributed by atoms with van der Waals surface area (Å²) in [5.74, 6) is -2.53. The monoisotopic (exact) mass is 398 g/mol. The molecule has 4 nitrogen and oxygen atoms in total. The van der Waals surface area contributed by atoms with Crippen LogP contribution in [0.2, 0.25) is 0 Å². The van der Waals surface area contributed by atoms with Gasteiger partial charge < -0.3 is 10.6 Å². The van der Waals surface area contributed by atoms with Gasteiger partial charge in [-0.2, -0.15) is 13.2 Å². The number of thiophene rings is 1. The molecule has 1 aromatic heterocycles. The first-order chi connectivity index (χ1) is 12.7. The standard InChI is InChI=1S/C19H21F3N2O2S/c1-3-4-13-16(11-6-5-10(2)9-14(11)27-13)24-18(26)12-7-8-15(19(20,21)22)23-17(12)25/h5-6,9,12,15H,3-4,7-8H2,1-2H3,(H,23,25)(H,24,26). The number of halogens is 3. The van der Waals surface area contributed by atoms with E-state index in [1.165, 1.54) is 0 Å². The molecule has 3 rings (SSSR count). The van der Waals surface area contributed by atoms with Gasteiger partial charge in [0.15, 0.2) is 0 Å². The van der Waals surface area contributed by atoms with Gasteiger partial charge in [-0.15, -0.1) is 11.3 Å². The molecule has 0 saturated carbocycles. The quantitative estimate of drug-likeness (QED) is 0.742. The number of hydrogen-bond donors (Lipinski definition) is 2. The van der Waals surface area contributed by atoms with E-state index in [4.69, 9.17) is 0 Å².